The van der Waals surface area contributed by atoms with E-state index in [9.17, 15) is 35.9 Å². The summed E-state index contributed by atoms with van der Waals surface area (Å²) in [5.74, 6) is 1.63. The molecule has 12 rings (SSSR count). The highest BCUT2D eigenvalue weighted by molar-refractivity contribution is 7.19. The smallest absolute Gasteiger partial charge is 0.355 e. The van der Waals surface area contributed by atoms with Gasteiger partial charge in [0.05, 0.1) is 41.1 Å². The summed E-state index contributed by atoms with van der Waals surface area (Å²) in [7, 11) is 3.59. The molecule has 368 valence electrons. The van der Waals surface area contributed by atoms with Crippen LogP contribution in [-0.2, 0) is 44.2 Å². The lowest BCUT2D eigenvalue weighted by Gasteiger charge is -2.25. The molecule has 2 atom stereocenters. The molecule has 70 heavy (non-hydrogen) atoms. The quantitative estimate of drug-likeness (QED) is 0.148. The number of rotatable bonds is 8. The van der Waals surface area contributed by atoms with Gasteiger partial charge in [-0.05, 0) is 85.8 Å². The van der Waals surface area contributed by atoms with Crippen molar-refractivity contribution in [3.63, 3.8) is 0 Å². The summed E-state index contributed by atoms with van der Waals surface area (Å²) < 4.78 is 79.0. The van der Waals surface area contributed by atoms with Crippen molar-refractivity contribution in [2.75, 3.05) is 74.1 Å². The standard InChI is InChI=1S/C25H26F3N5OS.C24H25F3N6OS/c1-31-20-8-16(2-3-17(20)9-21(31)34)12-32-6-4-24(13-32)5-7-33(14-24)22-19-10-18(11-25(26,27)28)35-23(19)30-15-29-22;1-31-19-3-2-15(8-18(19)30-22(31)34)11-32-6-4-23(12-32)5-7-33(13-23)20-17-9-16(10-24(25,26)27)35-21(17)29-14-28-20/h2-3,8,10,15H,4-7,9,11-14H2,1H3;2-3,8-9,14H,4-7,10-13H2,1H3,(H,30,34). The number of likely N-dealkylation sites (N-methyl/N-ethyl adjacent to an activating group) is 1. The number of carbonyl (C=O) groups excluding carboxylic acids is 1. The van der Waals surface area contributed by atoms with Crippen molar-refractivity contribution in [3.8, 4) is 0 Å². The zero-order valence-electron chi connectivity index (χ0n) is 38.7. The van der Waals surface area contributed by atoms with Gasteiger partial charge in [-0.25, -0.2) is 24.7 Å². The van der Waals surface area contributed by atoms with Gasteiger partial charge >= 0.3 is 18.0 Å². The Hall–Kier alpha value is -5.64. The van der Waals surface area contributed by atoms with Gasteiger partial charge in [0.25, 0.3) is 0 Å². The predicted octanol–water partition coefficient (Wildman–Crippen LogP) is 8.50. The number of anilines is 3. The van der Waals surface area contributed by atoms with Crippen LogP contribution in [-0.4, -0.2) is 117 Å². The molecule has 13 nitrogen and oxygen atoms in total. The Labute approximate surface area is 406 Å². The molecule has 5 aliphatic heterocycles. The SMILES string of the molecule is CN1C(=O)Cc2ccc(CN3CCC4(CCN(c5ncnc6sc(CC(F)(F)F)cc56)C4)C3)cc21.Cn1c(=O)[nH]c2cc(CN3CCC4(CCN(c5ncnc6sc(CC(F)(F)F)cc56)C4)C3)ccc21. The van der Waals surface area contributed by atoms with Gasteiger partial charge in [-0.2, -0.15) is 26.3 Å². The lowest BCUT2D eigenvalue weighted by Crippen LogP contribution is -2.31. The number of aromatic nitrogens is 6. The second-order valence-corrected chi connectivity index (χ2v) is 22.3. The predicted molar refractivity (Wildman–Crippen MR) is 260 cm³/mol. The van der Waals surface area contributed by atoms with Gasteiger partial charge in [0.15, 0.2) is 0 Å². The first-order chi connectivity index (χ1) is 33.4. The fraction of sp³-hybridized carbons (Fsp3) is 0.469. The average molecular weight is 1000 g/mol. The summed E-state index contributed by atoms with van der Waals surface area (Å²) in [6, 6.07) is 15.7. The maximum Gasteiger partial charge on any atom is 0.393 e. The minimum absolute atomic E-state index is 0.113. The number of nitrogens with one attached hydrogen (secondary N) is 1. The van der Waals surface area contributed by atoms with E-state index in [0.29, 0.717) is 21.5 Å². The number of aryl methyl sites for hydroxylation is 1. The molecule has 5 aromatic heterocycles. The molecule has 10 heterocycles. The van der Waals surface area contributed by atoms with Gasteiger partial charge in [0.2, 0.25) is 5.91 Å². The van der Waals surface area contributed by atoms with Crippen molar-refractivity contribution in [3.05, 3.63) is 98.1 Å². The molecule has 1 amide bonds. The Morgan fingerprint density at radius 1 is 0.643 bits per heavy atom. The summed E-state index contributed by atoms with van der Waals surface area (Å²) in [5.41, 5.74) is 6.42. The molecule has 0 radical (unpaired) electrons. The minimum atomic E-state index is -4.24. The van der Waals surface area contributed by atoms with E-state index in [1.807, 2.05) is 13.1 Å². The summed E-state index contributed by atoms with van der Waals surface area (Å²) in [5, 5.41) is 1.44. The largest absolute Gasteiger partial charge is 0.393 e. The summed E-state index contributed by atoms with van der Waals surface area (Å²) in [6.45, 7) is 8.97. The first-order valence-corrected chi connectivity index (χ1v) is 25.1. The highest BCUT2D eigenvalue weighted by Crippen LogP contribution is 2.45. The summed E-state index contributed by atoms with van der Waals surface area (Å²) in [4.78, 5) is 57.1. The monoisotopic (exact) mass is 1000 g/mol. The Morgan fingerprint density at radius 2 is 1.16 bits per heavy atom. The van der Waals surface area contributed by atoms with Crippen molar-refractivity contribution in [1.29, 1.82) is 0 Å². The van der Waals surface area contributed by atoms with Gasteiger partial charge in [-0.15, -0.1) is 22.7 Å². The summed E-state index contributed by atoms with van der Waals surface area (Å²) >= 11 is 2.20. The third-order valence-corrected chi connectivity index (χ3v) is 17.1. The van der Waals surface area contributed by atoms with Crippen molar-refractivity contribution in [2.45, 2.75) is 70.4 Å². The third kappa shape index (κ3) is 9.36. The molecule has 4 saturated heterocycles. The minimum Gasteiger partial charge on any atom is -0.355 e. The number of H-pyrrole nitrogens is 1. The highest BCUT2D eigenvalue weighted by Gasteiger charge is 2.46. The van der Waals surface area contributed by atoms with E-state index < -0.39 is 25.2 Å². The number of carbonyl (C=O) groups is 1. The van der Waals surface area contributed by atoms with Crippen LogP contribution in [0.4, 0.5) is 43.7 Å². The molecule has 1 N–H and O–H groups in total. The highest BCUT2D eigenvalue weighted by atomic mass is 32.1. The first kappa shape index (κ1) is 46.7. The van der Waals surface area contributed by atoms with E-state index in [1.165, 1.54) is 23.8 Å². The Balaban J connectivity index is 0.000000152. The van der Waals surface area contributed by atoms with E-state index in [4.69, 9.17) is 0 Å². The zero-order valence-corrected chi connectivity index (χ0v) is 40.3. The fourth-order valence-electron chi connectivity index (χ4n) is 11.6. The number of thiophene rings is 2. The van der Waals surface area contributed by atoms with Crippen LogP contribution in [0.2, 0.25) is 0 Å². The van der Waals surface area contributed by atoms with Crippen molar-refractivity contribution in [2.24, 2.45) is 17.9 Å². The van der Waals surface area contributed by atoms with Gasteiger partial charge in [-0.1, -0.05) is 18.2 Å². The average Bonchev–Trinajstić information content (AvgIpc) is 4.19. The lowest BCUT2D eigenvalue weighted by atomic mass is 9.86. The number of hydrogen-bond donors (Lipinski definition) is 1. The van der Waals surface area contributed by atoms with Crippen LogP contribution in [0.15, 0.2) is 66.0 Å². The maximum atomic E-state index is 12.9. The number of nitrogens with zero attached hydrogens (tertiary/aromatic N) is 10. The van der Waals surface area contributed by atoms with Crippen molar-refractivity contribution < 1.29 is 31.1 Å². The van der Waals surface area contributed by atoms with Crippen LogP contribution in [0.5, 0.6) is 0 Å². The van der Waals surface area contributed by atoms with Gasteiger partial charge < -0.3 is 19.7 Å². The number of halogens is 6. The molecular formula is C49H51F6N11O2S2. The molecule has 4 fully saturated rings. The van der Waals surface area contributed by atoms with Crippen molar-refractivity contribution >= 4 is 77.4 Å². The first-order valence-electron chi connectivity index (χ1n) is 23.5. The van der Waals surface area contributed by atoms with E-state index in [-0.39, 0.29) is 32.2 Å². The second-order valence-electron chi connectivity index (χ2n) is 20.0. The van der Waals surface area contributed by atoms with E-state index in [1.54, 1.807) is 28.6 Å². The molecule has 0 bridgehead atoms. The molecule has 7 aromatic rings. The molecule has 0 saturated carbocycles. The molecule has 5 aliphatic rings. The summed E-state index contributed by atoms with van der Waals surface area (Å²) in [6.07, 6.45) is -2.71. The van der Waals surface area contributed by atoms with Crippen LogP contribution in [0, 0.1) is 10.8 Å². The van der Waals surface area contributed by atoms with Crippen LogP contribution < -0.4 is 20.4 Å². The maximum absolute atomic E-state index is 12.9. The number of alkyl halides is 6. The van der Waals surface area contributed by atoms with Crippen molar-refractivity contribution in [1.82, 2.24) is 39.3 Å². The number of benzene rings is 2. The normalized spacial score (nSPS) is 22.1. The Morgan fingerprint density at radius 3 is 1.70 bits per heavy atom. The number of amides is 1. The van der Waals surface area contributed by atoms with Gasteiger partial charge in [-0.3, -0.25) is 19.2 Å². The Bertz CT molecular complexity index is 3200. The van der Waals surface area contributed by atoms with Gasteiger partial charge in [0, 0.05) is 92.7 Å². The van der Waals surface area contributed by atoms with E-state index >= 15 is 0 Å². The third-order valence-electron chi connectivity index (χ3n) is 15.0. The Kier molecular flexibility index (Phi) is 11.7. The molecule has 0 aliphatic carbocycles. The fourth-order valence-corrected chi connectivity index (χ4v) is 13.6. The lowest BCUT2D eigenvalue weighted by molar-refractivity contribution is -0.127. The number of likely N-dealkylation sites (tertiary alicyclic amines) is 2. The van der Waals surface area contributed by atoms with Crippen LogP contribution >= 0.6 is 22.7 Å². The number of aromatic amines is 1. The number of hydrogen-bond acceptors (Lipinski definition) is 12. The molecule has 2 spiro atoms. The number of fused-ring (bicyclic) bond motifs is 4. The molecular weight excluding hydrogens is 953 g/mol. The van der Waals surface area contributed by atoms with E-state index in [0.717, 1.165) is 153 Å². The molecule has 2 unspecified atom stereocenters. The number of imidazole rings is 1. The van der Waals surface area contributed by atoms with Crippen LogP contribution in [0.1, 0.15) is 52.1 Å². The topological polar surface area (TPSA) is 123 Å². The van der Waals surface area contributed by atoms with Crippen LogP contribution in [0.3, 0.4) is 0 Å². The molecule has 21 heteroatoms. The van der Waals surface area contributed by atoms with Crippen LogP contribution in [0.25, 0.3) is 31.5 Å². The van der Waals surface area contributed by atoms with Gasteiger partial charge in [0.1, 0.15) is 34.0 Å². The van der Waals surface area contributed by atoms with E-state index in [2.05, 4.69) is 74.9 Å². The second kappa shape index (κ2) is 17.6. The molecule has 2 aromatic carbocycles. The zero-order chi connectivity index (χ0) is 48.7.